The summed E-state index contributed by atoms with van der Waals surface area (Å²) in [4.78, 5) is 0. The average Bonchev–Trinajstić information content (AvgIpc) is 2.05. The first kappa shape index (κ1) is 8.87. The van der Waals surface area contributed by atoms with Crippen LogP contribution in [-0.4, -0.2) is 0 Å². The van der Waals surface area contributed by atoms with Gasteiger partial charge in [-0.15, -0.1) is 0 Å². The molecule has 12 heavy (non-hydrogen) atoms. The summed E-state index contributed by atoms with van der Waals surface area (Å²) in [7, 11) is 0. The molecule has 0 fully saturated rings. The van der Waals surface area contributed by atoms with Crippen molar-refractivity contribution in [1.29, 1.82) is 0 Å². The van der Waals surface area contributed by atoms with E-state index in [1.54, 1.807) is 0 Å². The Balaban J connectivity index is 2.55. The predicted octanol–water partition coefficient (Wildman–Crippen LogP) is 3.08. The minimum atomic E-state index is 0.668. The minimum Gasteiger partial charge on any atom is -0.0976 e. The van der Waals surface area contributed by atoms with Crippen molar-refractivity contribution in [2.45, 2.75) is 20.3 Å². The molecule has 0 amide bonds. The number of hydrogen-bond donors (Lipinski definition) is 0. The highest BCUT2D eigenvalue weighted by Gasteiger charge is 1.86. The maximum absolute atomic E-state index is 3.15. The molecular weight excluding hydrogens is 144 g/mol. The molecule has 0 unspecified atom stereocenters. The van der Waals surface area contributed by atoms with Crippen molar-refractivity contribution < 1.29 is 0 Å². The summed E-state index contributed by atoms with van der Waals surface area (Å²) in [5.41, 5.74) is 1.11. The molecule has 0 aliphatic rings. The molecular formula is C12H14. The zero-order valence-corrected chi connectivity index (χ0v) is 7.67. The van der Waals surface area contributed by atoms with Gasteiger partial charge >= 0.3 is 0 Å². The van der Waals surface area contributed by atoms with Gasteiger partial charge < -0.3 is 0 Å². The van der Waals surface area contributed by atoms with E-state index in [0.29, 0.717) is 5.92 Å². The Hall–Kier alpha value is -1.22. The van der Waals surface area contributed by atoms with Crippen LogP contribution in [0.15, 0.2) is 30.3 Å². The van der Waals surface area contributed by atoms with Crippen molar-refractivity contribution in [3.8, 4) is 11.8 Å². The van der Waals surface area contributed by atoms with Crippen LogP contribution in [0.25, 0.3) is 0 Å². The third-order valence-electron chi connectivity index (χ3n) is 1.52. The lowest BCUT2D eigenvalue weighted by atomic mass is 10.1. The van der Waals surface area contributed by atoms with Crippen molar-refractivity contribution in [1.82, 2.24) is 0 Å². The molecule has 0 atom stereocenters. The van der Waals surface area contributed by atoms with Gasteiger partial charge in [0.05, 0.1) is 0 Å². The fourth-order valence-electron chi connectivity index (χ4n) is 0.879. The third kappa shape index (κ3) is 3.25. The zero-order chi connectivity index (χ0) is 8.81. The zero-order valence-electron chi connectivity index (χ0n) is 7.67. The van der Waals surface area contributed by atoms with Gasteiger partial charge in [-0.3, -0.25) is 0 Å². The van der Waals surface area contributed by atoms with E-state index in [-0.39, 0.29) is 0 Å². The van der Waals surface area contributed by atoms with Crippen LogP contribution in [-0.2, 0) is 0 Å². The summed E-state index contributed by atoms with van der Waals surface area (Å²) < 4.78 is 0. The SMILES string of the molecule is CC(C)CC#Cc1ccccc1. The Kier molecular flexibility index (Phi) is 3.41. The molecule has 0 nitrogen and oxygen atoms in total. The molecule has 0 N–H and O–H groups in total. The summed E-state index contributed by atoms with van der Waals surface area (Å²) in [5.74, 6) is 6.94. The Labute approximate surface area is 74.6 Å². The molecule has 0 bridgehead atoms. The predicted molar refractivity (Wildman–Crippen MR) is 52.8 cm³/mol. The van der Waals surface area contributed by atoms with Crippen molar-refractivity contribution in [2.24, 2.45) is 5.92 Å². The number of benzene rings is 1. The summed E-state index contributed by atoms with van der Waals surface area (Å²) >= 11 is 0. The third-order valence-corrected chi connectivity index (χ3v) is 1.52. The molecule has 0 spiro atoms. The quantitative estimate of drug-likeness (QED) is 0.551. The molecule has 0 saturated heterocycles. The van der Waals surface area contributed by atoms with E-state index >= 15 is 0 Å². The molecule has 62 valence electrons. The summed E-state index contributed by atoms with van der Waals surface area (Å²) in [6.45, 7) is 4.36. The summed E-state index contributed by atoms with van der Waals surface area (Å²) in [5, 5.41) is 0. The van der Waals surface area contributed by atoms with Crippen molar-refractivity contribution in [2.75, 3.05) is 0 Å². The standard InChI is InChI=1S/C12H14/c1-11(2)7-6-10-12-8-4-3-5-9-12/h3-5,8-9,11H,7H2,1-2H3. The second-order valence-electron chi connectivity index (χ2n) is 3.27. The van der Waals surface area contributed by atoms with Crippen LogP contribution in [0.3, 0.4) is 0 Å². The minimum absolute atomic E-state index is 0.668. The Bertz CT molecular complexity index is 272. The van der Waals surface area contributed by atoms with Crippen LogP contribution < -0.4 is 0 Å². The molecule has 0 heteroatoms. The Morgan fingerprint density at radius 3 is 2.42 bits per heavy atom. The smallest absolute Gasteiger partial charge is 0.0245 e. The second kappa shape index (κ2) is 4.62. The topological polar surface area (TPSA) is 0 Å². The average molecular weight is 158 g/mol. The fourth-order valence-corrected chi connectivity index (χ4v) is 0.879. The number of hydrogen-bond acceptors (Lipinski definition) is 0. The lowest BCUT2D eigenvalue weighted by molar-refractivity contribution is 0.676. The first-order valence-corrected chi connectivity index (χ1v) is 4.33. The molecule has 1 rings (SSSR count). The van der Waals surface area contributed by atoms with E-state index in [1.165, 1.54) is 0 Å². The largest absolute Gasteiger partial charge is 0.0976 e. The molecule has 0 radical (unpaired) electrons. The highest BCUT2D eigenvalue weighted by Crippen LogP contribution is 1.98. The molecule has 0 aliphatic heterocycles. The van der Waals surface area contributed by atoms with Gasteiger partial charge in [0.2, 0.25) is 0 Å². The van der Waals surface area contributed by atoms with Crippen molar-refractivity contribution in [3.63, 3.8) is 0 Å². The van der Waals surface area contributed by atoms with Crippen molar-refractivity contribution >= 4 is 0 Å². The Morgan fingerprint density at radius 2 is 1.83 bits per heavy atom. The summed E-state index contributed by atoms with van der Waals surface area (Å²) in [6.07, 6.45) is 0.981. The normalized spacial score (nSPS) is 9.25. The van der Waals surface area contributed by atoms with Crippen LogP contribution in [0.1, 0.15) is 25.8 Å². The van der Waals surface area contributed by atoms with Gasteiger partial charge in [-0.05, 0) is 18.1 Å². The first-order valence-electron chi connectivity index (χ1n) is 4.33. The monoisotopic (exact) mass is 158 g/mol. The van der Waals surface area contributed by atoms with Crippen LogP contribution in [0, 0.1) is 17.8 Å². The van der Waals surface area contributed by atoms with Gasteiger partial charge in [-0.25, -0.2) is 0 Å². The lowest BCUT2D eigenvalue weighted by Gasteiger charge is -1.93. The highest BCUT2D eigenvalue weighted by molar-refractivity contribution is 5.33. The van der Waals surface area contributed by atoms with Crippen molar-refractivity contribution in [3.05, 3.63) is 35.9 Å². The van der Waals surface area contributed by atoms with Crippen LogP contribution in [0.5, 0.6) is 0 Å². The molecule has 1 aromatic carbocycles. The molecule has 0 aliphatic carbocycles. The maximum Gasteiger partial charge on any atom is 0.0245 e. The van der Waals surface area contributed by atoms with Gasteiger partial charge in [0, 0.05) is 12.0 Å². The van der Waals surface area contributed by atoms with E-state index in [4.69, 9.17) is 0 Å². The second-order valence-corrected chi connectivity index (χ2v) is 3.27. The maximum atomic E-state index is 3.15. The summed E-state index contributed by atoms with van der Waals surface area (Å²) in [6, 6.07) is 10.1. The lowest BCUT2D eigenvalue weighted by Crippen LogP contribution is -1.81. The molecule has 0 aromatic heterocycles. The van der Waals surface area contributed by atoms with E-state index in [1.807, 2.05) is 30.3 Å². The highest BCUT2D eigenvalue weighted by atomic mass is 13.9. The van der Waals surface area contributed by atoms with Gasteiger partial charge in [0.15, 0.2) is 0 Å². The molecule has 0 saturated carbocycles. The fraction of sp³-hybridized carbons (Fsp3) is 0.333. The van der Waals surface area contributed by atoms with Gasteiger partial charge in [-0.1, -0.05) is 43.9 Å². The molecule has 1 aromatic rings. The van der Waals surface area contributed by atoms with E-state index in [9.17, 15) is 0 Å². The van der Waals surface area contributed by atoms with E-state index in [0.717, 1.165) is 12.0 Å². The first-order chi connectivity index (χ1) is 5.79. The van der Waals surface area contributed by atoms with Crippen LogP contribution in [0.4, 0.5) is 0 Å². The van der Waals surface area contributed by atoms with E-state index in [2.05, 4.69) is 25.7 Å². The van der Waals surface area contributed by atoms with Gasteiger partial charge in [-0.2, -0.15) is 0 Å². The molecule has 0 heterocycles. The van der Waals surface area contributed by atoms with E-state index < -0.39 is 0 Å². The number of rotatable bonds is 1. The van der Waals surface area contributed by atoms with Gasteiger partial charge in [0.1, 0.15) is 0 Å². The van der Waals surface area contributed by atoms with Crippen LogP contribution >= 0.6 is 0 Å². The Morgan fingerprint density at radius 1 is 1.17 bits per heavy atom. The van der Waals surface area contributed by atoms with Gasteiger partial charge in [0.25, 0.3) is 0 Å². The van der Waals surface area contributed by atoms with Crippen LogP contribution in [0.2, 0.25) is 0 Å².